The quantitative estimate of drug-likeness (QED) is 0.477. The number of halogens is 1. The molecule has 1 aromatic heterocycles. The second kappa shape index (κ2) is 7.62. The summed E-state index contributed by atoms with van der Waals surface area (Å²) in [5, 5.41) is 9.76. The first-order chi connectivity index (χ1) is 13.1. The molecule has 1 aliphatic rings. The lowest BCUT2D eigenvalue weighted by Crippen LogP contribution is -2.16. The Hall–Kier alpha value is -2.51. The maximum Gasteiger partial charge on any atom is 0.191 e. The second-order valence-corrected chi connectivity index (χ2v) is 7.32. The molecule has 0 radical (unpaired) electrons. The lowest BCUT2D eigenvalue weighted by Gasteiger charge is -2.18. The van der Waals surface area contributed by atoms with E-state index in [1.165, 1.54) is 11.8 Å². The number of ether oxygens (including phenoxy) is 2. The molecule has 0 bridgehead atoms. The van der Waals surface area contributed by atoms with Crippen molar-refractivity contribution in [3.05, 3.63) is 53.1 Å². The molecule has 138 valence electrons. The summed E-state index contributed by atoms with van der Waals surface area (Å²) in [6, 6.07) is 12.7. The number of aromatic nitrogens is 3. The Morgan fingerprint density at radius 2 is 1.85 bits per heavy atom. The fourth-order valence-electron chi connectivity index (χ4n) is 2.72. The van der Waals surface area contributed by atoms with Crippen molar-refractivity contribution in [2.24, 2.45) is 7.05 Å². The number of thioether (sulfide) groups is 1. The van der Waals surface area contributed by atoms with Crippen LogP contribution < -0.4 is 9.47 Å². The molecule has 0 saturated carbocycles. The zero-order valence-electron chi connectivity index (χ0n) is 14.5. The number of carbonyl (C=O) groups is 1. The van der Waals surface area contributed by atoms with Crippen LogP contribution in [0.15, 0.2) is 47.6 Å². The average molecular weight is 402 g/mol. The van der Waals surface area contributed by atoms with Crippen LogP contribution in [0.1, 0.15) is 10.4 Å². The van der Waals surface area contributed by atoms with Crippen LogP contribution in [0.2, 0.25) is 5.02 Å². The summed E-state index contributed by atoms with van der Waals surface area (Å²) >= 11 is 7.28. The Kier molecular flexibility index (Phi) is 5.05. The highest BCUT2D eigenvalue weighted by Crippen LogP contribution is 2.31. The predicted octanol–water partition coefficient (Wildman–Crippen LogP) is 3.88. The van der Waals surface area contributed by atoms with Gasteiger partial charge in [0.1, 0.15) is 13.2 Å². The number of hydrogen-bond acceptors (Lipinski definition) is 6. The smallest absolute Gasteiger partial charge is 0.191 e. The molecule has 0 amide bonds. The molecule has 0 atom stereocenters. The minimum atomic E-state index is -0.00647. The first-order valence-electron chi connectivity index (χ1n) is 8.33. The van der Waals surface area contributed by atoms with Crippen LogP contribution in [0, 0.1) is 0 Å². The molecule has 0 spiro atoms. The molecule has 0 fully saturated rings. The molecule has 0 saturated heterocycles. The third-order valence-electron chi connectivity index (χ3n) is 4.13. The zero-order valence-corrected chi connectivity index (χ0v) is 16.1. The van der Waals surface area contributed by atoms with Crippen molar-refractivity contribution in [3.8, 4) is 22.9 Å². The van der Waals surface area contributed by atoms with Crippen LogP contribution in [0.3, 0.4) is 0 Å². The monoisotopic (exact) mass is 401 g/mol. The first kappa shape index (κ1) is 17.9. The van der Waals surface area contributed by atoms with Gasteiger partial charge in [-0.05, 0) is 42.5 Å². The standard InChI is InChI=1S/C19H16ClN3O3S/c1-23-18(12-2-5-14(20)6-3-12)21-22-19(23)27-11-15(24)13-4-7-16-17(10-13)26-9-8-25-16/h2-7,10H,8-9,11H2,1H3. The van der Waals surface area contributed by atoms with Crippen molar-refractivity contribution in [1.29, 1.82) is 0 Å². The third kappa shape index (κ3) is 3.79. The summed E-state index contributed by atoms with van der Waals surface area (Å²) in [5.41, 5.74) is 1.51. The van der Waals surface area contributed by atoms with Gasteiger partial charge in [-0.2, -0.15) is 0 Å². The van der Waals surface area contributed by atoms with Crippen molar-refractivity contribution in [2.75, 3.05) is 19.0 Å². The van der Waals surface area contributed by atoms with Gasteiger partial charge in [0, 0.05) is 23.2 Å². The van der Waals surface area contributed by atoms with Crippen LogP contribution in [0.5, 0.6) is 11.5 Å². The number of ketones is 1. The number of benzene rings is 2. The SMILES string of the molecule is Cn1c(SCC(=O)c2ccc3c(c2)OCCO3)nnc1-c1ccc(Cl)cc1. The highest BCUT2D eigenvalue weighted by molar-refractivity contribution is 7.99. The molecule has 4 rings (SSSR count). The summed E-state index contributed by atoms with van der Waals surface area (Å²) in [5.74, 6) is 2.26. The maximum absolute atomic E-state index is 12.5. The summed E-state index contributed by atoms with van der Waals surface area (Å²) in [7, 11) is 1.88. The Balaban J connectivity index is 1.46. The highest BCUT2D eigenvalue weighted by Gasteiger charge is 2.17. The van der Waals surface area contributed by atoms with Crippen LogP contribution in [-0.4, -0.2) is 39.5 Å². The van der Waals surface area contributed by atoms with Crippen LogP contribution in [0.25, 0.3) is 11.4 Å². The van der Waals surface area contributed by atoms with Crippen molar-refractivity contribution in [3.63, 3.8) is 0 Å². The normalized spacial score (nSPS) is 12.8. The molecule has 2 heterocycles. The van der Waals surface area contributed by atoms with Crippen LogP contribution >= 0.6 is 23.4 Å². The lowest BCUT2D eigenvalue weighted by molar-refractivity contribution is 0.102. The van der Waals surface area contributed by atoms with Crippen molar-refractivity contribution < 1.29 is 14.3 Å². The molecule has 3 aromatic rings. The molecule has 0 N–H and O–H groups in total. The predicted molar refractivity (Wildman–Crippen MR) is 104 cm³/mol. The minimum Gasteiger partial charge on any atom is -0.486 e. The van der Waals surface area contributed by atoms with Gasteiger partial charge in [-0.25, -0.2) is 0 Å². The number of fused-ring (bicyclic) bond motifs is 1. The van der Waals surface area contributed by atoms with Gasteiger partial charge >= 0.3 is 0 Å². The average Bonchev–Trinajstić information content (AvgIpc) is 3.07. The molecule has 0 unspecified atom stereocenters. The topological polar surface area (TPSA) is 66.2 Å². The molecule has 8 heteroatoms. The van der Waals surface area contributed by atoms with E-state index in [1.54, 1.807) is 18.2 Å². The summed E-state index contributed by atoms with van der Waals surface area (Å²) in [4.78, 5) is 12.5. The van der Waals surface area contributed by atoms with Gasteiger partial charge in [-0.1, -0.05) is 23.4 Å². The maximum atomic E-state index is 12.5. The number of hydrogen-bond donors (Lipinski definition) is 0. The molecular formula is C19H16ClN3O3S. The largest absolute Gasteiger partial charge is 0.486 e. The second-order valence-electron chi connectivity index (χ2n) is 5.94. The fourth-order valence-corrected chi connectivity index (χ4v) is 3.65. The molecule has 2 aromatic carbocycles. The Bertz CT molecular complexity index is 988. The van der Waals surface area contributed by atoms with Gasteiger partial charge in [-0.3, -0.25) is 4.79 Å². The van der Waals surface area contributed by atoms with Gasteiger partial charge in [0.25, 0.3) is 0 Å². The van der Waals surface area contributed by atoms with E-state index in [0.29, 0.717) is 40.5 Å². The van der Waals surface area contributed by atoms with Gasteiger partial charge in [0.15, 0.2) is 28.3 Å². The molecular weight excluding hydrogens is 386 g/mol. The van der Waals surface area contributed by atoms with E-state index in [-0.39, 0.29) is 11.5 Å². The summed E-state index contributed by atoms with van der Waals surface area (Å²) < 4.78 is 12.9. The van der Waals surface area contributed by atoms with E-state index in [0.717, 1.165) is 11.4 Å². The molecule has 1 aliphatic heterocycles. The Morgan fingerprint density at radius 1 is 1.11 bits per heavy atom. The Labute approximate surface area is 165 Å². The van der Waals surface area contributed by atoms with Crippen molar-refractivity contribution in [1.82, 2.24) is 14.8 Å². The number of carbonyl (C=O) groups excluding carboxylic acids is 1. The first-order valence-corrected chi connectivity index (χ1v) is 9.69. The highest BCUT2D eigenvalue weighted by atomic mass is 35.5. The van der Waals surface area contributed by atoms with Crippen LogP contribution in [-0.2, 0) is 7.05 Å². The lowest BCUT2D eigenvalue weighted by atomic mass is 10.1. The Morgan fingerprint density at radius 3 is 2.63 bits per heavy atom. The van der Waals surface area contributed by atoms with Crippen LogP contribution in [0.4, 0.5) is 0 Å². The minimum absolute atomic E-state index is 0.00647. The van der Waals surface area contributed by atoms with Gasteiger partial charge in [-0.15, -0.1) is 10.2 Å². The van der Waals surface area contributed by atoms with E-state index in [1.807, 2.05) is 35.9 Å². The molecule has 6 nitrogen and oxygen atoms in total. The fraction of sp³-hybridized carbons (Fsp3) is 0.211. The van der Waals surface area contributed by atoms with Gasteiger partial charge in [0.2, 0.25) is 0 Å². The summed E-state index contributed by atoms with van der Waals surface area (Å²) in [6.45, 7) is 1.02. The van der Waals surface area contributed by atoms with E-state index in [9.17, 15) is 4.79 Å². The van der Waals surface area contributed by atoms with Gasteiger partial charge < -0.3 is 14.0 Å². The van der Waals surface area contributed by atoms with Crippen molar-refractivity contribution >= 4 is 29.1 Å². The number of nitrogens with zero attached hydrogens (tertiary/aromatic N) is 3. The third-order valence-corrected chi connectivity index (χ3v) is 5.41. The van der Waals surface area contributed by atoms with E-state index >= 15 is 0 Å². The van der Waals surface area contributed by atoms with E-state index in [4.69, 9.17) is 21.1 Å². The van der Waals surface area contributed by atoms with E-state index in [2.05, 4.69) is 10.2 Å². The number of Topliss-reactive ketones (excluding diaryl/α,β-unsaturated/α-hetero) is 1. The zero-order chi connectivity index (χ0) is 18.8. The van der Waals surface area contributed by atoms with Gasteiger partial charge in [0.05, 0.1) is 5.75 Å². The molecule has 0 aliphatic carbocycles. The van der Waals surface area contributed by atoms with Crippen molar-refractivity contribution in [2.45, 2.75) is 5.16 Å². The molecule has 27 heavy (non-hydrogen) atoms. The van der Waals surface area contributed by atoms with E-state index < -0.39 is 0 Å². The number of rotatable bonds is 5. The summed E-state index contributed by atoms with van der Waals surface area (Å²) in [6.07, 6.45) is 0.